The fourth-order valence-electron chi connectivity index (χ4n) is 4.43. The zero-order chi connectivity index (χ0) is 25.6. The minimum atomic E-state index is 0.389. The molecule has 7 aromatic rings. The molecule has 0 bridgehead atoms. The number of rotatable bonds is 4. The van der Waals surface area contributed by atoms with E-state index in [-0.39, 0.29) is 0 Å². The summed E-state index contributed by atoms with van der Waals surface area (Å²) in [5, 5.41) is 19.1. The number of aryl methyl sites for hydroxylation is 2. The highest BCUT2D eigenvalue weighted by atomic mass is 16.4. The molecule has 0 radical (unpaired) electrons. The van der Waals surface area contributed by atoms with Crippen LogP contribution >= 0.6 is 0 Å². The predicted octanol–water partition coefficient (Wildman–Crippen LogP) is 6.83. The van der Waals surface area contributed by atoms with Crippen molar-refractivity contribution in [3.05, 3.63) is 96.3 Å². The second kappa shape index (κ2) is 8.70. The molecule has 7 rings (SSSR count). The molecule has 0 aliphatic rings. The molecule has 4 aromatic heterocycles. The second-order valence-corrected chi connectivity index (χ2v) is 9.25. The van der Waals surface area contributed by atoms with Gasteiger partial charge in [-0.1, -0.05) is 29.3 Å². The lowest BCUT2D eigenvalue weighted by Crippen LogP contribution is -1.84. The van der Waals surface area contributed by atoms with Gasteiger partial charge in [0.25, 0.3) is 0 Å². The molecule has 0 saturated heterocycles. The van der Waals surface area contributed by atoms with Gasteiger partial charge in [0.2, 0.25) is 23.6 Å². The number of aromatic nitrogens is 6. The molecule has 3 aromatic carbocycles. The summed E-state index contributed by atoms with van der Waals surface area (Å²) in [6, 6.07) is 23.8. The number of fused-ring (bicyclic) bond motifs is 2. The molecule has 0 fully saturated rings. The van der Waals surface area contributed by atoms with Crippen molar-refractivity contribution in [2.24, 2.45) is 0 Å². The van der Waals surface area contributed by atoms with Crippen molar-refractivity contribution < 1.29 is 8.83 Å². The average Bonchev–Trinajstić information content (AvgIpc) is 3.63. The van der Waals surface area contributed by atoms with Crippen LogP contribution < -0.4 is 0 Å². The normalized spacial score (nSPS) is 11.4. The van der Waals surface area contributed by atoms with Gasteiger partial charge in [0.1, 0.15) is 0 Å². The van der Waals surface area contributed by atoms with Crippen molar-refractivity contribution in [2.45, 2.75) is 13.8 Å². The van der Waals surface area contributed by atoms with E-state index in [1.807, 2.05) is 60.7 Å². The van der Waals surface area contributed by atoms with Gasteiger partial charge in [-0.2, -0.15) is 0 Å². The van der Waals surface area contributed by atoms with Crippen LogP contribution in [0.4, 0.5) is 0 Å². The number of benzene rings is 3. The fourth-order valence-corrected chi connectivity index (χ4v) is 4.43. The van der Waals surface area contributed by atoms with Crippen LogP contribution in [0, 0.1) is 13.8 Å². The summed E-state index contributed by atoms with van der Waals surface area (Å²) in [6.45, 7) is 4.10. The highest BCUT2D eigenvalue weighted by molar-refractivity contribution is 5.84. The number of hydrogen-bond donors (Lipinski definition) is 0. The number of pyridine rings is 2. The highest BCUT2D eigenvalue weighted by Gasteiger charge is 2.16. The second-order valence-electron chi connectivity index (χ2n) is 9.25. The van der Waals surface area contributed by atoms with Gasteiger partial charge in [-0.3, -0.25) is 9.97 Å². The smallest absolute Gasteiger partial charge is 0.249 e. The van der Waals surface area contributed by atoms with E-state index in [0.29, 0.717) is 23.6 Å². The van der Waals surface area contributed by atoms with Gasteiger partial charge in [-0.25, -0.2) is 0 Å². The first kappa shape index (κ1) is 22.0. The average molecular weight is 497 g/mol. The van der Waals surface area contributed by atoms with Crippen LogP contribution in [0.25, 0.3) is 67.6 Å². The Hall–Kier alpha value is -5.24. The van der Waals surface area contributed by atoms with Crippen molar-refractivity contribution in [3.8, 4) is 45.8 Å². The predicted molar refractivity (Wildman–Crippen MR) is 144 cm³/mol. The lowest BCUT2D eigenvalue weighted by molar-refractivity contribution is 0.582. The van der Waals surface area contributed by atoms with E-state index in [9.17, 15) is 0 Å². The first-order valence-electron chi connectivity index (χ1n) is 12.1. The molecule has 8 heteroatoms. The number of hydrogen-bond acceptors (Lipinski definition) is 8. The zero-order valence-electron chi connectivity index (χ0n) is 20.6. The molecule has 0 amide bonds. The summed E-state index contributed by atoms with van der Waals surface area (Å²) in [4.78, 5) is 9.05. The minimum Gasteiger partial charge on any atom is -0.416 e. The Kier molecular flexibility index (Phi) is 5.04. The standard InChI is InChI=1S/C30H20N6O2/c1-17-6-8-25-21(10-17)13-23(15-31-25)29-35-33-27(37-29)19-4-3-5-20(12-19)28-34-36-30(38-28)24-14-22-11-18(2)7-9-26(22)32-16-24/h3-16H,1-2H3. The summed E-state index contributed by atoms with van der Waals surface area (Å²) in [5.74, 6) is 1.58. The quantitative estimate of drug-likeness (QED) is 0.261. The van der Waals surface area contributed by atoms with E-state index < -0.39 is 0 Å². The van der Waals surface area contributed by atoms with E-state index in [1.165, 1.54) is 0 Å². The summed E-state index contributed by atoms with van der Waals surface area (Å²) in [5.41, 5.74) is 7.17. The van der Waals surface area contributed by atoms with Gasteiger partial charge in [-0.05, 0) is 68.4 Å². The topological polar surface area (TPSA) is 104 Å². The summed E-state index contributed by atoms with van der Waals surface area (Å²) >= 11 is 0. The largest absolute Gasteiger partial charge is 0.416 e. The Morgan fingerprint density at radius 3 is 1.39 bits per heavy atom. The molecular formula is C30H20N6O2. The molecule has 182 valence electrons. The molecule has 0 aliphatic carbocycles. The van der Waals surface area contributed by atoms with Crippen molar-refractivity contribution in [1.82, 2.24) is 30.4 Å². The molecule has 0 unspecified atom stereocenters. The molecule has 0 saturated carbocycles. The number of nitrogens with zero attached hydrogens (tertiary/aromatic N) is 6. The van der Waals surface area contributed by atoms with E-state index in [4.69, 9.17) is 8.83 Å². The molecule has 0 aliphatic heterocycles. The van der Waals surface area contributed by atoms with Gasteiger partial charge in [0, 0.05) is 34.3 Å². The summed E-state index contributed by atoms with van der Waals surface area (Å²) in [6.07, 6.45) is 3.49. The van der Waals surface area contributed by atoms with Crippen molar-refractivity contribution in [1.29, 1.82) is 0 Å². The summed E-state index contributed by atoms with van der Waals surface area (Å²) in [7, 11) is 0. The van der Waals surface area contributed by atoms with Crippen molar-refractivity contribution >= 4 is 21.8 Å². The van der Waals surface area contributed by atoms with Crippen LogP contribution in [0.1, 0.15) is 11.1 Å². The van der Waals surface area contributed by atoms with E-state index >= 15 is 0 Å². The van der Waals surface area contributed by atoms with Crippen LogP contribution in [-0.4, -0.2) is 30.4 Å². The van der Waals surface area contributed by atoms with Crippen LogP contribution in [-0.2, 0) is 0 Å². The Labute approximate surface area is 217 Å². The van der Waals surface area contributed by atoms with Gasteiger partial charge >= 0.3 is 0 Å². The van der Waals surface area contributed by atoms with Crippen molar-refractivity contribution in [3.63, 3.8) is 0 Å². The molecule has 38 heavy (non-hydrogen) atoms. The third kappa shape index (κ3) is 3.98. The first-order chi connectivity index (χ1) is 18.6. The Morgan fingerprint density at radius 2 is 0.921 bits per heavy atom. The van der Waals surface area contributed by atoms with Crippen molar-refractivity contribution in [2.75, 3.05) is 0 Å². The van der Waals surface area contributed by atoms with Gasteiger partial charge in [0.15, 0.2) is 0 Å². The van der Waals surface area contributed by atoms with Gasteiger partial charge in [0.05, 0.1) is 22.2 Å². The third-order valence-electron chi connectivity index (χ3n) is 6.37. The molecule has 0 spiro atoms. The molecule has 8 nitrogen and oxygen atoms in total. The lowest BCUT2D eigenvalue weighted by atomic mass is 10.1. The van der Waals surface area contributed by atoms with Crippen LogP contribution in [0.2, 0.25) is 0 Å². The zero-order valence-corrected chi connectivity index (χ0v) is 20.6. The first-order valence-corrected chi connectivity index (χ1v) is 12.1. The molecule has 0 atom stereocenters. The molecular weight excluding hydrogens is 476 g/mol. The Morgan fingerprint density at radius 1 is 0.474 bits per heavy atom. The molecule has 4 heterocycles. The van der Waals surface area contributed by atoms with Crippen LogP contribution in [0.3, 0.4) is 0 Å². The maximum absolute atomic E-state index is 6.01. The Bertz CT molecular complexity index is 1830. The SMILES string of the molecule is Cc1ccc2ncc(-c3nnc(-c4cccc(-c5nnc(-c6cnc7ccc(C)cc7c6)o5)c4)o3)cc2c1. The fraction of sp³-hybridized carbons (Fsp3) is 0.0667. The lowest BCUT2D eigenvalue weighted by Gasteiger charge is -2.01. The summed E-state index contributed by atoms with van der Waals surface area (Å²) < 4.78 is 12.0. The monoisotopic (exact) mass is 496 g/mol. The van der Waals surface area contributed by atoms with E-state index in [1.54, 1.807) is 12.4 Å². The minimum absolute atomic E-state index is 0.389. The maximum atomic E-state index is 6.01. The maximum Gasteiger partial charge on any atom is 0.249 e. The van der Waals surface area contributed by atoms with Crippen LogP contribution in [0.15, 0.2) is 94.0 Å². The third-order valence-corrected chi connectivity index (χ3v) is 6.37. The molecule has 0 N–H and O–H groups in total. The van der Waals surface area contributed by atoms with Gasteiger partial charge in [-0.15, -0.1) is 20.4 Å². The highest BCUT2D eigenvalue weighted by Crippen LogP contribution is 2.30. The van der Waals surface area contributed by atoms with Gasteiger partial charge < -0.3 is 8.83 Å². The van der Waals surface area contributed by atoms with Crippen LogP contribution in [0.5, 0.6) is 0 Å². The van der Waals surface area contributed by atoms with E-state index in [0.717, 1.165) is 55.2 Å². The Balaban J connectivity index is 1.19. The van der Waals surface area contributed by atoms with E-state index in [2.05, 4.69) is 56.3 Å².